The number of rotatable bonds is 5. The first-order valence-corrected chi connectivity index (χ1v) is 6.76. The molecule has 0 radical (unpaired) electrons. The highest BCUT2D eigenvalue weighted by Gasteiger charge is 2.11. The summed E-state index contributed by atoms with van der Waals surface area (Å²) < 4.78 is 13.7. The molecule has 0 spiro atoms. The Kier molecular flexibility index (Phi) is 4.16. The smallest absolute Gasteiger partial charge is 0.335 e. The number of aromatic carboxylic acids is 1. The fourth-order valence-electron chi connectivity index (χ4n) is 1.81. The SMILES string of the molecule is CC(Cc1cccs1)Nc1ccc(C(=O)O)cc1F. The van der Waals surface area contributed by atoms with Gasteiger partial charge in [0.2, 0.25) is 0 Å². The Labute approximate surface area is 114 Å². The maximum atomic E-state index is 13.7. The van der Waals surface area contributed by atoms with E-state index in [2.05, 4.69) is 5.32 Å². The number of hydrogen-bond donors (Lipinski definition) is 2. The van der Waals surface area contributed by atoms with Crippen LogP contribution in [0.15, 0.2) is 35.7 Å². The number of benzene rings is 1. The third-order valence-electron chi connectivity index (χ3n) is 2.71. The highest BCUT2D eigenvalue weighted by atomic mass is 32.1. The van der Waals surface area contributed by atoms with Gasteiger partial charge in [0, 0.05) is 17.3 Å². The lowest BCUT2D eigenvalue weighted by Gasteiger charge is -2.15. The minimum atomic E-state index is -1.13. The van der Waals surface area contributed by atoms with Gasteiger partial charge in [0.05, 0.1) is 11.3 Å². The van der Waals surface area contributed by atoms with Crippen molar-refractivity contribution in [3.8, 4) is 0 Å². The van der Waals surface area contributed by atoms with E-state index >= 15 is 0 Å². The van der Waals surface area contributed by atoms with Crippen molar-refractivity contribution in [3.05, 3.63) is 52.0 Å². The van der Waals surface area contributed by atoms with Gasteiger partial charge in [0.25, 0.3) is 0 Å². The Morgan fingerprint density at radius 1 is 1.47 bits per heavy atom. The van der Waals surface area contributed by atoms with Crippen LogP contribution in [0, 0.1) is 5.82 Å². The van der Waals surface area contributed by atoms with Gasteiger partial charge in [-0.3, -0.25) is 0 Å². The Hall–Kier alpha value is -1.88. The second-order valence-corrected chi connectivity index (χ2v) is 5.36. The van der Waals surface area contributed by atoms with E-state index in [9.17, 15) is 9.18 Å². The van der Waals surface area contributed by atoms with Crippen LogP contribution in [0.4, 0.5) is 10.1 Å². The van der Waals surface area contributed by atoms with Crippen molar-refractivity contribution in [2.24, 2.45) is 0 Å². The molecule has 1 heterocycles. The lowest BCUT2D eigenvalue weighted by atomic mass is 10.1. The number of carboxylic acid groups (broad SMARTS) is 1. The van der Waals surface area contributed by atoms with Crippen molar-refractivity contribution in [1.82, 2.24) is 0 Å². The molecule has 0 aliphatic carbocycles. The average Bonchev–Trinajstić information content (AvgIpc) is 2.84. The van der Waals surface area contributed by atoms with Gasteiger partial charge < -0.3 is 10.4 Å². The summed E-state index contributed by atoms with van der Waals surface area (Å²) in [5.41, 5.74) is 0.281. The van der Waals surface area contributed by atoms with Crippen LogP contribution in [0.3, 0.4) is 0 Å². The molecule has 2 rings (SSSR count). The highest BCUT2D eigenvalue weighted by Crippen LogP contribution is 2.19. The molecule has 1 aromatic carbocycles. The fraction of sp³-hybridized carbons (Fsp3) is 0.214. The standard InChI is InChI=1S/C14H14FNO2S/c1-9(7-11-3-2-6-19-11)16-13-5-4-10(14(17)18)8-12(13)15/h2-6,8-9,16H,7H2,1H3,(H,17,18). The predicted molar refractivity (Wildman–Crippen MR) is 74.5 cm³/mol. The molecular formula is C14H14FNO2S. The zero-order valence-electron chi connectivity index (χ0n) is 10.4. The summed E-state index contributed by atoms with van der Waals surface area (Å²) in [6.45, 7) is 1.96. The quantitative estimate of drug-likeness (QED) is 0.878. The number of carboxylic acids is 1. The highest BCUT2D eigenvalue weighted by molar-refractivity contribution is 7.09. The van der Waals surface area contributed by atoms with Crippen LogP contribution in [0.25, 0.3) is 0 Å². The molecule has 0 bridgehead atoms. The molecule has 0 aliphatic rings. The molecule has 1 aromatic heterocycles. The number of anilines is 1. The van der Waals surface area contributed by atoms with Crippen LogP contribution in [0.1, 0.15) is 22.2 Å². The molecule has 100 valence electrons. The molecule has 0 saturated heterocycles. The van der Waals surface area contributed by atoms with E-state index in [0.29, 0.717) is 5.69 Å². The van der Waals surface area contributed by atoms with E-state index < -0.39 is 11.8 Å². The largest absolute Gasteiger partial charge is 0.478 e. The molecule has 0 saturated carbocycles. The minimum Gasteiger partial charge on any atom is -0.478 e. The minimum absolute atomic E-state index is 0.0473. The van der Waals surface area contributed by atoms with Crippen LogP contribution in [0.2, 0.25) is 0 Å². The van der Waals surface area contributed by atoms with Gasteiger partial charge in [-0.2, -0.15) is 0 Å². The van der Waals surface area contributed by atoms with Crippen molar-refractivity contribution in [2.45, 2.75) is 19.4 Å². The van der Waals surface area contributed by atoms with Crippen molar-refractivity contribution >= 4 is 23.0 Å². The summed E-state index contributed by atoms with van der Waals surface area (Å²) in [6.07, 6.45) is 0.803. The van der Waals surface area contributed by atoms with Crippen molar-refractivity contribution in [1.29, 1.82) is 0 Å². The van der Waals surface area contributed by atoms with E-state index in [1.54, 1.807) is 11.3 Å². The van der Waals surface area contributed by atoms with Gasteiger partial charge in [0.1, 0.15) is 5.82 Å². The number of carbonyl (C=O) groups is 1. The molecule has 2 aromatic rings. The Morgan fingerprint density at radius 2 is 2.26 bits per heavy atom. The normalized spacial score (nSPS) is 12.1. The second-order valence-electron chi connectivity index (χ2n) is 4.33. The van der Waals surface area contributed by atoms with Crippen LogP contribution in [0.5, 0.6) is 0 Å². The number of thiophene rings is 1. The first kappa shape index (κ1) is 13.5. The maximum absolute atomic E-state index is 13.7. The summed E-state index contributed by atoms with van der Waals surface area (Å²) in [4.78, 5) is 11.9. The molecule has 5 heteroatoms. The van der Waals surface area contributed by atoms with E-state index in [1.807, 2.05) is 24.4 Å². The summed E-state index contributed by atoms with van der Waals surface area (Å²) in [5, 5.41) is 13.8. The lowest BCUT2D eigenvalue weighted by Crippen LogP contribution is -2.18. The van der Waals surface area contributed by atoms with Gasteiger partial charge in [-0.05, 0) is 36.6 Å². The van der Waals surface area contributed by atoms with Crippen LogP contribution in [-0.4, -0.2) is 17.1 Å². The van der Waals surface area contributed by atoms with Crippen LogP contribution in [-0.2, 0) is 6.42 Å². The van der Waals surface area contributed by atoms with Crippen molar-refractivity contribution < 1.29 is 14.3 Å². The van der Waals surface area contributed by atoms with Crippen LogP contribution < -0.4 is 5.32 Å². The third-order valence-corrected chi connectivity index (χ3v) is 3.60. The maximum Gasteiger partial charge on any atom is 0.335 e. The molecule has 2 N–H and O–H groups in total. The molecule has 0 fully saturated rings. The van der Waals surface area contributed by atoms with E-state index in [4.69, 9.17) is 5.11 Å². The Balaban J connectivity index is 2.04. The average molecular weight is 279 g/mol. The number of hydrogen-bond acceptors (Lipinski definition) is 3. The van der Waals surface area contributed by atoms with Gasteiger partial charge in [-0.25, -0.2) is 9.18 Å². The third kappa shape index (κ3) is 3.54. The zero-order chi connectivity index (χ0) is 13.8. The lowest BCUT2D eigenvalue weighted by molar-refractivity contribution is 0.0696. The monoisotopic (exact) mass is 279 g/mol. The first-order valence-electron chi connectivity index (χ1n) is 5.88. The first-order chi connectivity index (χ1) is 9.06. The summed E-state index contributed by atoms with van der Waals surface area (Å²) in [5.74, 6) is -1.67. The topological polar surface area (TPSA) is 49.3 Å². The Bertz CT molecular complexity index is 569. The molecule has 3 nitrogen and oxygen atoms in total. The fourth-order valence-corrected chi connectivity index (χ4v) is 2.65. The molecule has 1 unspecified atom stereocenters. The van der Waals surface area contributed by atoms with E-state index in [1.165, 1.54) is 17.0 Å². The summed E-state index contributed by atoms with van der Waals surface area (Å²) >= 11 is 1.66. The van der Waals surface area contributed by atoms with Crippen molar-refractivity contribution in [2.75, 3.05) is 5.32 Å². The molecule has 1 atom stereocenters. The molecule has 0 amide bonds. The van der Waals surface area contributed by atoms with E-state index in [0.717, 1.165) is 12.5 Å². The molecular weight excluding hydrogens is 265 g/mol. The number of halogens is 1. The van der Waals surface area contributed by atoms with Crippen molar-refractivity contribution in [3.63, 3.8) is 0 Å². The molecule has 19 heavy (non-hydrogen) atoms. The van der Waals surface area contributed by atoms with Gasteiger partial charge in [-0.15, -0.1) is 11.3 Å². The second kappa shape index (κ2) is 5.84. The van der Waals surface area contributed by atoms with Gasteiger partial charge in [-0.1, -0.05) is 6.07 Å². The molecule has 0 aliphatic heterocycles. The zero-order valence-corrected chi connectivity index (χ0v) is 11.2. The number of nitrogens with one attached hydrogen (secondary N) is 1. The Morgan fingerprint density at radius 3 is 2.84 bits per heavy atom. The van der Waals surface area contributed by atoms with E-state index in [-0.39, 0.29) is 11.6 Å². The van der Waals surface area contributed by atoms with Gasteiger partial charge >= 0.3 is 5.97 Å². The van der Waals surface area contributed by atoms with Crippen LogP contribution >= 0.6 is 11.3 Å². The van der Waals surface area contributed by atoms with Gasteiger partial charge in [0.15, 0.2) is 0 Å². The summed E-state index contributed by atoms with van der Waals surface area (Å²) in [6, 6.07) is 7.98. The summed E-state index contributed by atoms with van der Waals surface area (Å²) in [7, 11) is 0. The predicted octanol–water partition coefficient (Wildman–Crippen LogP) is 3.63.